The first-order chi connectivity index (χ1) is 9.65. The van der Waals surface area contributed by atoms with E-state index in [4.69, 9.17) is 0 Å². The Balaban J connectivity index is 1.78. The first kappa shape index (κ1) is 14.5. The highest BCUT2D eigenvalue weighted by molar-refractivity contribution is 5.76. The van der Waals surface area contributed by atoms with Crippen LogP contribution in [0.2, 0.25) is 0 Å². The van der Waals surface area contributed by atoms with Crippen molar-refractivity contribution in [1.82, 2.24) is 15.5 Å². The van der Waals surface area contributed by atoms with Gasteiger partial charge in [-0.3, -0.25) is 9.59 Å². The molecule has 0 radical (unpaired) electrons. The van der Waals surface area contributed by atoms with Gasteiger partial charge in [0.1, 0.15) is 0 Å². The number of carbonyl (C=O) groups is 1. The molecule has 2 rings (SSSR count). The average Bonchev–Trinajstić information content (AvgIpc) is 2.47. The highest BCUT2D eigenvalue weighted by Gasteiger charge is 2.14. The number of H-pyrrole nitrogens is 1. The molecule has 0 bridgehead atoms. The smallest absolute Gasteiger partial charge is 0.264 e. The molecule has 5 nitrogen and oxygen atoms in total. The van der Waals surface area contributed by atoms with Crippen molar-refractivity contribution in [2.24, 2.45) is 0 Å². The molecule has 0 saturated heterocycles. The third kappa shape index (κ3) is 4.33. The molecule has 108 valence electrons. The van der Waals surface area contributed by atoms with E-state index >= 15 is 0 Å². The molecule has 1 aromatic heterocycles. The maximum atomic E-state index is 11.9. The third-order valence-corrected chi connectivity index (χ3v) is 3.60. The van der Waals surface area contributed by atoms with Crippen LogP contribution in [0.5, 0.6) is 0 Å². The standard InChI is InChI=1S/C15H21N3O2/c1-11(12-5-3-2-4-6-12)16-14(19)9-7-13-8-10-15(20)18-17-13/h5,8,10-11H,2-4,6-7,9H2,1H3,(H,16,19)(H,18,20)/t11-/m1/s1. The minimum absolute atomic E-state index is 0.0250. The third-order valence-electron chi connectivity index (χ3n) is 3.60. The van der Waals surface area contributed by atoms with Gasteiger partial charge in [-0.1, -0.05) is 11.6 Å². The van der Waals surface area contributed by atoms with Gasteiger partial charge in [0.05, 0.1) is 5.69 Å². The van der Waals surface area contributed by atoms with Gasteiger partial charge in [-0.2, -0.15) is 5.10 Å². The lowest BCUT2D eigenvalue weighted by Crippen LogP contribution is -2.34. The van der Waals surface area contributed by atoms with E-state index in [1.54, 1.807) is 6.07 Å². The summed E-state index contributed by atoms with van der Waals surface area (Å²) in [5.41, 5.74) is 1.84. The second kappa shape index (κ2) is 7.03. The molecule has 1 aliphatic carbocycles. The van der Waals surface area contributed by atoms with Crippen molar-refractivity contribution in [3.63, 3.8) is 0 Å². The first-order valence-electron chi connectivity index (χ1n) is 7.18. The Morgan fingerprint density at radius 1 is 1.45 bits per heavy atom. The van der Waals surface area contributed by atoms with E-state index in [0.29, 0.717) is 12.8 Å². The van der Waals surface area contributed by atoms with Crippen LogP contribution in [0.15, 0.2) is 28.6 Å². The normalized spacial score (nSPS) is 16.4. The molecule has 0 fully saturated rings. The molecule has 1 atom stereocenters. The Hall–Kier alpha value is -1.91. The Morgan fingerprint density at radius 2 is 2.30 bits per heavy atom. The van der Waals surface area contributed by atoms with E-state index in [1.807, 2.05) is 6.92 Å². The second-order valence-corrected chi connectivity index (χ2v) is 5.23. The molecule has 0 aromatic carbocycles. The van der Waals surface area contributed by atoms with Crippen LogP contribution in [0.25, 0.3) is 0 Å². The van der Waals surface area contributed by atoms with E-state index in [9.17, 15) is 9.59 Å². The van der Waals surface area contributed by atoms with Crippen LogP contribution in [0.4, 0.5) is 0 Å². The summed E-state index contributed by atoms with van der Waals surface area (Å²) in [4.78, 5) is 22.8. The van der Waals surface area contributed by atoms with Crippen LogP contribution >= 0.6 is 0 Å². The zero-order chi connectivity index (χ0) is 14.4. The van der Waals surface area contributed by atoms with Gasteiger partial charge in [-0.25, -0.2) is 5.10 Å². The summed E-state index contributed by atoms with van der Waals surface area (Å²) in [7, 11) is 0. The number of carbonyl (C=O) groups excluding carboxylic acids is 1. The van der Waals surface area contributed by atoms with Gasteiger partial charge < -0.3 is 5.32 Å². The van der Waals surface area contributed by atoms with E-state index in [2.05, 4.69) is 21.6 Å². The van der Waals surface area contributed by atoms with Crippen molar-refractivity contribution in [1.29, 1.82) is 0 Å². The summed E-state index contributed by atoms with van der Waals surface area (Å²) in [6, 6.07) is 3.20. The number of rotatable bonds is 5. The van der Waals surface area contributed by atoms with E-state index in [-0.39, 0.29) is 17.5 Å². The van der Waals surface area contributed by atoms with E-state index in [0.717, 1.165) is 18.5 Å². The number of aromatic nitrogens is 2. The molecule has 2 N–H and O–H groups in total. The average molecular weight is 275 g/mol. The lowest BCUT2D eigenvalue weighted by molar-refractivity contribution is -0.121. The molecule has 1 aromatic rings. The number of allylic oxidation sites excluding steroid dienone is 1. The van der Waals surface area contributed by atoms with Gasteiger partial charge in [0.25, 0.3) is 5.56 Å². The van der Waals surface area contributed by atoms with Gasteiger partial charge in [0.2, 0.25) is 5.91 Å². The maximum absolute atomic E-state index is 11.9. The monoisotopic (exact) mass is 275 g/mol. The molecule has 0 aliphatic heterocycles. The highest BCUT2D eigenvalue weighted by Crippen LogP contribution is 2.20. The van der Waals surface area contributed by atoms with Crippen molar-refractivity contribution < 1.29 is 4.79 Å². The van der Waals surface area contributed by atoms with Crippen molar-refractivity contribution in [2.75, 3.05) is 0 Å². The fourth-order valence-electron chi connectivity index (χ4n) is 2.42. The molecule has 0 spiro atoms. The highest BCUT2D eigenvalue weighted by atomic mass is 16.1. The topological polar surface area (TPSA) is 74.8 Å². The minimum atomic E-state index is -0.226. The quantitative estimate of drug-likeness (QED) is 0.803. The fourth-order valence-corrected chi connectivity index (χ4v) is 2.42. The van der Waals surface area contributed by atoms with Gasteiger partial charge in [-0.05, 0) is 38.7 Å². The van der Waals surface area contributed by atoms with E-state index in [1.165, 1.54) is 24.5 Å². The lowest BCUT2D eigenvalue weighted by Gasteiger charge is -2.20. The summed E-state index contributed by atoms with van der Waals surface area (Å²) in [5.74, 6) is 0.0250. The SMILES string of the molecule is C[C@@H](NC(=O)CCc1ccc(=O)[nH]n1)C1=CCCCC1. The van der Waals surface area contributed by atoms with Crippen LogP contribution < -0.4 is 10.9 Å². The Bertz CT molecular complexity index is 528. The molecular weight excluding hydrogens is 254 g/mol. The molecule has 5 heteroatoms. The van der Waals surface area contributed by atoms with Gasteiger partial charge >= 0.3 is 0 Å². The number of hydrogen-bond donors (Lipinski definition) is 2. The summed E-state index contributed by atoms with van der Waals surface area (Å²) in [6.45, 7) is 2.04. The lowest BCUT2D eigenvalue weighted by atomic mass is 9.94. The zero-order valence-electron chi connectivity index (χ0n) is 11.8. The van der Waals surface area contributed by atoms with Crippen LogP contribution in [0, 0.1) is 0 Å². The molecule has 0 saturated carbocycles. The van der Waals surface area contributed by atoms with Gasteiger partial charge in [0, 0.05) is 24.9 Å². The van der Waals surface area contributed by atoms with Crippen molar-refractivity contribution in [3.8, 4) is 0 Å². The summed E-state index contributed by atoms with van der Waals surface area (Å²) >= 11 is 0. The minimum Gasteiger partial charge on any atom is -0.350 e. The molecular formula is C15H21N3O2. The molecule has 1 amide bonds. The predicted molar refractivity (Wildman–Crippen MR) is 77.3 cm³/mol. The Kier molecular flexibility index (Phi) is 5.09. The predicted octanol–water partition coefficient (Wildman–Crippen LogP) is 1.71. The fraction of sp³-hybridized carbons (Fsp3) is 0.533. The largest absolute Gasteiger partial charge is 0.350 e. The molecule has 1 heterocycles. The number of aryl methyl sites for hydroxylation is 1. The number of nitrogens with zero attached hydrogens (tertiary/aromatic N) is 1. The second-order valence-electron chi connectivity index (χ2n) is 5.23. The molecule has 20 heavy (non-hydrogen) atoms. The number of hydrogen-bond acceptors (Lipinski definition) is 3. The van der Waals surface area contributed by atoms with Crippen molar-refractivity contribution in [3.05, 3.63) is 39.8 Å². The number of aromatic amines is 1. The van der Waals surface area contributed by atoms with Crippen LogP contribution in [-0.4, -0.2) is 22.1 Å². The maximum Gasteiger partial charge on any atom is 0.264 e. The molecule has 0 unspecified atom stereocenters. The Morgan fingerprint density at radius 3 is 2.95 bits per heavy atom. The summed E-state index contributed by atoms with van der Waals surface area (Å²) in [6.07, 6.45) is 7.85. The number of nitrogens with one attached hydrogen (secondary N) is 2. The summed E-state index contributed by atoms with van der Waals surface area (Å²) < 4.78 is 0. The van der Waals surface area contributed by atoms with Gasteiger partial charge in [0.15, 0.2) is 0 Å². The zero-order valence-corrected chi connectivity index (χ0v) is 11.8. The van der Waals surface area contributed by atoms with Crippen LogP contribution in [0.3, 0.4) is 0 Å². The van der Waals surface area contributed by atoms with Crippen LogP contribution in [-0.2, 0) is 11.2 Å². The van der Waals surface area contributed by atoms with Crippen molar-refractivity contribution in [2.45, 2.75) is 51.5 Å². The first-order valence-corrected chi connectivity index (χ1v) is 7.18. The number of amides is 1. The Labute approximate surface area is 118 Å². The van der Waals surface area contributed by atoms with Gasteiger partial charge in [-0.15, -0.1) is 0 Å². The summed E-state index contributed by atoms with van der Waals surface area (Å²) in [5, 5.41) is 9.28. The van der Waals surface area contributed by atoms with E-state index < -0.39 is 0 Å². The molecule has 1 aliphatic rings. The van der Waals surface area contributed by atoms with Crippen molar-refractivity contribution >= 4 is 5.91 Å². The van der Waals surface area contributed by atoms with Crippen LogP contribution in [0.1, 0.15) is 44.7 Å².